The van der Waals surface area contributed by atoms with Crippen molar-refractivity contribution in [2.24, 2.45) is 0 Å². The number of furan rings is 1. The molecule has 1 aliphatic heterocycles. The standard InChI is InChI=1S/C24H20Cl2F3N3O2/c25-16-9-15(10-17(26)11-16)23(24(27,28)29)5-6-32(13-23)18-8-14-3-4-19(21(14)30-12-18)31-22(33)20-2-1-7-34-20/h1-2,7-12,19H,3-6,13H2,(H,31,33). The van der Waals surface area contributed by atoms with E-state index in [2.05, 4.69) is 10.3 Å². The van der Waals surface area contributed by atoms with Gasteiger partial charge in [-0.1, -0.05) is 23.2 Å². The Morgan fingerprint density at radius 3 is 2.65 bits per heavy atom. The number of nitrogens with zero attached hydrogens (tertiary/aromatic N) is 2. The number of anilines is 1. The molecule has 2 atom stereocenters. The van der Waals surface area contributed by atoms with E-state index in [0.29, 0.717) is 18.5 Å². The van der Waals surface area contributed by atoms with E-state index in [9.17, 15) is 18.0 Å². The molecule has 1 aromatic carbocycles. The molecule has 1 amide bonds. The average Bonchev–Trinajstić information content (AvgIpc) is 3.52. The van der Waals surface area contributed by atoms with Crippen molar-refractivity contribution in [3.05, 3.63) is 81.5 Å². The van der Waals surface area contributed by atoms with Crippen LogP contribution in [0.15, 0.2) is 53.3 Å². The van der Waals surface area contributed by atoms with Crippen LogP contribution in [0.2, 0.25) is 10.0 Å². The molecule has 5 rings (SSSR count). The Kier molecular flexibility index (Phi) is 5.76. The van der Waals surface area contributed by atoms with Crippen molar-refractivity contribution in [2.75, 3.05) is 18.0 Å². The van der Waals surface area contributed by atoms with Crippen LogP contribution in [0, 0.1) is 0 Å². The van der Waals surface area contributed by atoms with Gasteiger partial charge in [0.15, 0.2) is 5.76 Å². The highest BCUT2D eigenvalue weighted by molar-refractivity contribution is 6.34. The minimum atomic E-state index is -4.48. The summed E-state index contributed by atoms with van der Waals surface area (Å²) in [5.41, 5.74) is 0.245. The van der Waals surface area contributed by atoms with E-state index in [4.69, 9.17) is 27.6 Å². The quantitative estimate of drug-likeness (QED) is 0.460. The van der Waals surface area contributed by atoms with E-state index < -0.39 is 11.6 Å². The van der Waals surface area contributed by atoms with Crippen molar-refractivity contribution in [3.8, 4) is 0 Å². The van der Waals surface area contributed by atoms with Crippen LogP contribution in [0.5, 0.6) is 0 Å². The van der Waals surface area contributed by atoms with Crippen LogP contribution in [0.25, 0.3) is 0 Å². The lowest BCUT2D eigenvalue weighted by Gasteiger charge is -2.33. The maximum Gasteiger partial charge on any atom is 0.400 e. The number of carbonyl (C=O) groups is 1. The molecule has 1 aliphatic carbocycles. The van der Waals surface area contributed by atoms with Gasteiger partial charge in [0, 0.05) is 23.1 Å². The highest BCUT2D eigenvalue weighted by Gasteiger charge is 2.59. The maximum atomic E-state index is 14.4. The van der Waals surface area contributed by atoms with Crippen LogP contribution in [-0.2, 0) is 11.8 Å². The Morgan fingerprint density at radius 1 is 1.21 bits per heavy atom. The summed E-state index contributed by atoms with van der Waals surface area (Å²) in [7, 11) is 0. The molecule has 3 heterocycles. The normalized spacial score (nSPS) is 22.1. The third-order valence-corrected chi connectivity index (χ3v) is 7.10. The predicted molar refractivity (Wildman–Crippen MR) is 122 cm³/mol. The highest BCUT2D eigenvalue weighted by atomic mass is 35.5. The van der Waals surface area contributed by atoms with E-state index in [1.165, 1.54) is 24.5 Å². The number of carbonyl (C=O) groups excluding carboxylic acids is 1. The molecule has 2 unspecified atom stereocenters. The molecule has 3 aromatic rings. The van der Waals surface area contributed by atoms with E-state index in [0.717, 1.165) is 11.3 Å². The molecule has 0 bridgehead atoms. The fourth-order valence-electron chi connectivity index (χ4n) is 4.90. The lowest BCUT2D eigenvalue weighted by atomic mass is 9.79. The van der Waals surface area contributed by atoms with Crippen LogP contribution >= 0.6 is 23.2 Å². The predicted octanol–water partition coefficient (Wildman–Crippen LogP) is 6.11. The minimum Gasteiger partial charge on any atom is -0.459 e. The maximum absolute atomic E-state index is 14.4. The summed E-state index contributed by atoms with van der Waals surface area (Å²) in [6.07, 6.45) is -0.273. The molecule has 0 saturated carbocycles. The zero-order valence-electron chi connectivity index (χ0n) is 17.8. The van der Waals surface area contributed by atoms with Gasteiger partial charge >= 0.3 is 6.18 Å². The molecule has 2 aliphatic rings. The van der Waals surface area contributed by atoms with E-state index in [1.54, 1.807) is 23.2 Å². The van der Waals surface area contributed by atoms with Gasteiger partial charge in [0.05, 0.1) is 29.9 Å². The van der Waals surface area contributed by atoms with Gasteiger partial charge < -0.3 is 14.6 Å². The second-order valence-electron chi connectivity index (χ2n) is 8.69. The molecule has 178 valence electrons. The van der Waals surface area contributed by atoms with Crippen LogP contribution in [0.1, 0.15) is 46.3 Å². The van der Waals surface area contributed by atoms with Gasteiger partial charge in [-0.3, -0.25) is 9.78 Å². The first-order valence-electron chi connectivity index (χ1n) is 10.8. The van der Waals surface area contributed by atoms with Crippen LogP contribution in [-0.4, -0.2) is 30.2 Å². The van der Waals surface area contributed by atoms with E-state index in [1.807, 2.05) is 6.07 Å². The Bertz CT molecular complexity index is 1210. The molecular formula is C24H20Cl2F3N3O2. The summed E-state index contributed by atoms with van der Waals surface area (Å²) in [5, 5.41) is 3.25. The smallest absolute Gasteiger partial charge is 0.400 e. The minimum absolute atomic E-state index is 0.0646. The van der Waals surface area contributed by atoms with Gasteiger partial charge in [-0.15, -0.1) is 0 Å². The number of benzene rings is 1. The number of alkyl halides is 3. The number of aromatic nitrogens is 1. The molecule has 1 N–H and O–H groups in total. The third kappa shape index (κ3) is 4.03. The molecule has 1 fully saturated rings. The molecule has 34 heavy (non-hydrogen) atoms. The fourth-order valence-corrected chi connectivity index (χ4v) is 5.43. The largest absolute Gasteiger partial charge is 0.459 e. The summed E-state index contributed by atoms with van der Waals surface area (Å²) in [6.45, 7) is -0.0466. The van der Waals surface area contributed by atoms with Gasteiger partial charge in [0.2, 0.25) is 0 Å². The van der Waals surface area contributed by atoms with Crippen LogP contribution in [0.3, 0.4) is 0 Å². The van der Waals surface area contributed by atoms with Gasteiger partial charge in [-0.25, -0.2) is 0 Å². The van der Waals surface area contributed by atoms with E-state index in [-0.39, 0.29) is 52.8 Å². The number of rotatable bonds is 4. The number of hydrogen-bond acceptors (Lipinski definition) is 4. The SMILES string of the molecule is O=C(NC1CCc2cc(N3CCC(c4cc(Cl)cc(Cl)c4)(C(F)(F)F)C3)cnc21)c1ccco1. The zero-order valence-corrected chi connectivity index (χ0v) is 19.3. The number of halogens is 5. The second kappa shape index (κ2) is 8.50. The number of aryl methyl sites for hydroxylation is 1. The first-order valence-corrected chi connectivity index (χ1v) is 11.5. The molecule has 0 spiro atoms. The van der Waals surface area contributed by atoms with Crippen molar-refractivity contribution >= 4 is 34.8 Å². The number of pyridine rings is 1. The molecule has 1 saturated heterocycles. The topological polar surface area (TPSA) is 58.4 Å². The van der Waals surface area contributed by atoms with E-state index >= 15 is 0 Å². The summed E-state index contributed by atoms with van der Waals surface area (Å²) >= 11 is 12.1. The van der Waals surface area contributed by atoms with Crippen molar-refractivity contribution in [1.82, 2.24) is 10.3 Å². The Morgan fingerprint density at radius 2 is 1.97 bits per heavy atom. The number of fused-ring (bicyclic) bond motifs is 1. The zero-order chi connectivity index (χ0) is 24.1. The number of amides is 1. The lowest BCUT2D eigenvalue weighted by molar-refractivity contribution is -0.184. The van der Waals surface area contributed by atoms with Crippen LogP contribution in [0.4, 0.5) is 18.9 Å². The monoisotopic (exact) mass is 509 g/mol. The van der Waals surface area contributed by atoms with Gasteiger partial charge in [-0.2, -0.15) is 13.2 Å². The average molecular weight is 510 g/mol. The summed E-state index contributed by atoms with van der Waals surface area (Å²) in [6, 6.07) is 8.93. The first-order chi connectivity index (χ1) is 16.2. The van der Waals surface area contributed by atoms with Crippen molar-refractivity contribution in [1.29, 1.82) is 0 Å². The van der Waals surface area contributed by atoms with Crippen LogP contribution < -0.4 is 10.2 Å². The Hall–Kier alpha value is -2.71. The second-order valence-corrected chi connectivity index (χ2v) is 9.56. The van der Waals surface area contributed by atoms with Gasteiger partial charge in [-0.05, 0) is 66.8 Å². The van der Waals surface area contributed by atoms with Crippen molar-refractivity contribution in [3.63, 3.8) is 0 Å². The molecule has 5 nitrogen and oxygen atoms in total. The number of nitrogens with one attached hydrogen (secondary N) is 1. The summed E-state index contributed by atoms with van der Waals surface area (Å²) in [4.78, 5) is 18.5. The highest BCUT2D eigenvalue weighted by Crippen LogP contribution is 2.49. The van der Waals surface area contributed by atoms with Crippen molar-refractivity contribution in [2.45, 2.75) is 36.9 Å². The molecule has 2 aromatic heterocycles. The first kappa shape index (κ1) is 23.1. The fraction of sp³-hybridized carbons (Fsp3) is 0.333. The van der Waals surface area contributed by atoms with Gasteiger partial charge in [0.25, 0.3) is 5.91 Å². The Balaban J connectivity index is 1.39. The summed E-state index contributed by atoms with van der Waals surface area (Å²) in [5.74, 6) is -0.116. The Labute approximate surface area is 203 Å². The lowest BCUT2D eigenvalue weighted by Crippen LogP contribution is -2.44. The summed E-state index contributed by atoms with van der Waals surface area (Å²) < 4.78 is 48.3. The van der Waals surface area contributed by atoms with Crippen molar-refractivity contribution < 1.29 is 22.4 Å². The third-order valence-electron chi connectivity index (χ3n) is 6.66. The van der Waals surface area contributed by atoms with Gasteiger partial charge in [0.1, 0.15) is 5.41 Å². The molecule has 10 heteroatoms. The molecule has 0 radical (unpaired) electrons. The molecular weight excluding hydrogens is 490 g/mol. The number of hydrogen-bond donors (Lipinski definition) is 1.